The van der Waals surface area contributed by atoms with Crippen LogP contribution in [0.1, 0.15) is 39.2 Å². The Morgan fingerprint density at radius 3 is 2.61 bits per heavy atom. The first-order valence-electron chi connectivity index (χ1n) is 8.15. The zero-order valence-electron chi connectivity index (χ0n) is 14.2. The summed E-state index contributed by atoms with van der Waals surface area (Å²) in [6, 6.07) is 3.95. The van der Waals surface area contributed by atoms with Crippen LogP contribution in [0.25, 0.3) is 0 Å². The maximum Gasteiger partial charge on any atom is 0.407 e. The normalized spacial score (nSPS) is 16.3. The van der Waals surface area contributed by atoms with Gasteiger partial charge in [-0.05, 0) is 51.2 Å². The molecule has 0 spiro atoms. The second-order valence-corrected chi connectivity index (χ2v) is 6.99. The third-order valence-electron chi connectivity index (χ3n) is 3.84. The summed E-state index contributed by atoms with van der Waals surface area (Å²) in [6.07, 6.45) is 3.36. The van der Waals surface area contributed by atoms with Crippen LogP contribution in [0.15, 0.2) is 18.3 Å². The molecule has 1 aliphatic rings. The lowest BCUT2D eigenvalue weighted by Gasteiger charge is -2.32. The van der Waals surface area contributed by atoms with Gasteiger partial charge in [-0.1, -0.05) is 6.07 Å². The number of hydrogen-bond acceptors (Lipinski definition) is 5. The van der Waals surface area contributed by atoms with Gasteiger partial charge in [0, 0.05) is 32.4 Å². The molecule has 0 atom stereocenters. The molecule has 6 nitrogen and oxygen atoms in total. The molecule has 0 unspecified atom stereocenters. The first kappa shape index (κ1) is 17.5. The molecule has 0 aromatic carbocycles. The third-order valence-corrected chi connectivity index (χ3v) is 3.84. The van der Waals surface area contributed by atoms with E-state index in [1.165, 1.54) is 0 Å². The summed E-state index contributed by atoms with van der Waals surface area (Å²) in [5.74, 6) is 1.37. The standard InChI is InChI=1S/C17H27N3O3/c1-17(2,3)23-16(22)19-11-14-4-5-15(18-10-14)20-8-6-13(12-21)7-9-20/h4-5,10,13,21H,6-9,11-12H2,1-3H3,(H,19,22). The first-order valence-corrected chi connectivity index (χ1v) is 8.15. The van der Waals surface area contributed by atoms with Crippen LogP contribution in [0, 0.1) is 5.92 Å². The number of carbonyl (C=O) groups is 1. The minimum Gasteiger partial charge on any atom is -0.444 e. The van der Waals surface area contributed by atoms with Crippen LogP contribution >= 0.6 is 0 Å². The molecule has 2 rings (SSSR count). The SMILES string of the molecule is CC(C)(C)OC(=O)NCc1ccc(N2CCC(CO)CC2)nc1. The van der Waals surface area contributed by atoms with Crippen LogP contribution in [0.2, 0.25) is 0 Å². The van der Waals surface area contributed by atoms with E-state index in [1.54, 1.807) is 6.20 Å². The van der Waals surface area contributed by atoms with Crippen molar-refractivity contribution in [3.63, 3.8) is 0 Å². The minimum atomic E-state index is -0.493. The van der Waals surface area contributed by atoms with Crippen molar-refractivity contribution in [3.8, 4) is 0 Å². The summed E-state index contributed by atoms with van der Waals surface area (Å²) in [5.41, 5.74) is 0.442. The number of aromatic nitrogens is 1. The molecule has 23 heavy (non-hydrogen) atoms. The highest BCUT2D eigenvalue weighted by Crippen LogP contribution is 2.21. The molecule has 1 aromatic heterocycles. The fourth-order valence-electron chi connectivity index (χ4n) is 2.54. The van der Waals surface area contributed by atoms with Gasteiger partial charge >= 0.3 is 6.09 Å². The van der Waals surface area contributed by atoms with Crippen LogP contribution in [-0.4, -0.2) is 41.5 Å². The number of pyridine rings is 1. The van der Waals surface area contributed by atoms with Crippen molar-refractivity contribution < 1.29 is 14.6 Å². The molecule has 1 amide bonds. The molecule has 1 saturated heterocycles. The van der Waals surface area contributed by atoms with E-state index in [-0.39, 0.29) is 6.61 Å². The molecule has 2 N–H and O–H groups in total. The second kappa shape index (κ2) is 7.64. The molecular formula is C17H27N3O3. The van der Waals surface area contributed by atoms with Crippen molar-refractivity contribution in [1.82, 2.24) is 10.3 Å². The van der Waals surface area contributed by atoms with Crippen molar-refractivity contribution in [2.24, 2.45) is 5.92 Å². The van der Waals surface area contributed by atoms with E-state index >= 15 is 0 Å². The van der Waals surface area contributed by atoms with Crippen LogP contribution in [0.4, 0.5) is 10.6 Å². The Morgan fingerprint density at radius 1 is 1.39 bits per heavy atom. The van der Waals surface area contributed by atoms with Gasteiger partial charge in [0.1, 0.15) is 11.4 Å². The highest BCUT2D eigenvalue weighted by Gasteiger charge is 2.19. The van der Waals surface area contributed by atoms with E-state index in [2.05, 4.69) is 15.2 Å². The number of amides is 1. The fourth-order valence-corrected chi connectivity index (χ4v) is 2.54. The Morgan fingerprint density at radius 2 is 2.09 bits per heavy atom. The van der Waals surface area contributed by atoms with Gasteiger partial charge < -0.3 is 20.1 Å². The molecular weight excluding hydrogens is 294 g/mol. The maximum absolute atomic E-state index is 11.6. The summed E-state index contributed by atoms with van der Waals surface area (Å²) in [6.45, 7) is 8.03. The predicted molar refractivity (Wildman–Crippen MR) is 89.3 cm³/mol. The van der Waals surface area contributed by atoms with Crippen LogP contribution in [0.3, 0.4) is 0 Å². The number of nitrogens with zero attached hydrogens (tertiary/aromatic N) is 2. The summed E-state index contributed by atoms with van der Waals surface area (Å²) in [5, 5.41) is 11.9. The van der Waals surface area contributed by atoms with Crippen molar-refractivity contribution in [2.75, 3.05) is 24.6 Å². The minimum absolute atomic E-state index is 0.274. The average molecular weight is 321 g/mol. The zero-order chi connectivity index (χ0) is 16.9. The first-order chi connectivity index (χ1) is 10.9. The van der Waals surface area contributed by atoms with E-state index in [0.717, 1.165) is 37.3 Å². The molecule has 0 saturated carbocycles. The number of aliphatic hydroxyl groups excluding tert-OH is 1. The van der Waals surface area contributed by atoms with E-state index < -0.39 is 11.7 Å². The Kier molecular flexibility index (Phi) is 5.82. The number of ether oxygens (including phenoxy) is 1. The predicted octanol–water partition coefficient (Wildman–Crippen LogP) is 2.32. The molecule has 0 aliphatic carbocycles. The summed E-state index contributed by atoms with van der Waals surface area (Å²) >= 11 is 0. The van der Waals surface area contributed by atoms with Gasteiger partial charge in [0.25, 0.3) is 0 Å². The zero-order valence-corrected chi connectivity index (χ0v) is 14.2. The molecule has 0 bridgehead atoms. The monoisotopic (exact) mass is 321 g/mol. The Balaban J connectivity index is 1.82. The molecule has 128 valence electrons. The van der Waals surface area contributed by atoms with E-state index in [0.29, 0.717) is 12.5 Å². The van der Waals surface area contributed by atoms with Crippen LogP contribution in [-0.2, 0) is 11.3 Å². The number of anilines is 1. The Hall–Kier alpha value is -1.82. The largest absolute Gasteiger partial charge is 0.444 e. The van der Waals surface area contributed by atoms with Gasteiger partial charge in [0.05, 0.1) is 0 Å². The van der Waals surface area contributed by atoms with Crippen molar-refractivity contribution in [3.05, 3.63) is 23.9 Å². The van der Waals surface area contributed by atoms with Gasteiger partial charge in [-0.15, -0.1) is 0 Å². The Bertz CT molecular complexity index is 503. The van der Waals surface area contributed by atoms with Gasteiger partial charge in [-0.25, -0.2) is 9.78 Å². The third kappa shape index (κ3) is 5.71. The summed E-state index contributed by atoms with van der Waals surface area (Å²) in [7, 11) is 0. The number of rotatable bonds is 4. The van der Waals surface area contributed by atoms with Gasteiger partial charge in [-0.2, -0.15) is 0 Å². The molecule has 2 heterocycles. The summed E-state index contributed by atoms with van der Waals surface area (Å²) in [4.78, 5) is 18.3. The van der Waals surface area contributed by atoms with Crippen molar-refractivity contribution in [1.29, 1.82) is 0 Å². The van der Waals surface area contributed by atoms with Crippen LogP contribution in [0.5, 0.6) is 0 Å². The molecule has 1 aromatic rings. The van der Waals surface area contributed by atoms with E-state index in [9.17, 15) is 9.90 Å². The smallest absolute Gasteiger partial charge is 0.407 e. The highest BCUT2D eigenvalue weighted by molar-refractivity contribution is 5.67. The maximum atomic E-state index is 11.6. The molecule has 1 aliphatic heterocycles. The number of hydrogen-bond donors (Lipinski definition) is 2. The number of piperidine rings is 1. The van der Waals surface area contributed by atoms with Gasteiger partial charge in [0.2, 0.25) is 0 Å². The Labute approximate surface area is 137 Å². The van der Waals surface area contributed by atoms with Crippen LogP contribution < -0.4 is 10.2 Å². The molecule has 0 radical (unpaired) electrons. The summed E-state index contributed by atoms with van der Waals surface area (Å²) < 4.78 is 5.20. The topological polar surface area (TPSA) is 74.7 Å². The number of nitrogens with one attached hydrogen (secondary N) is 1. The van der Waals surface area contributed by atoms with E-state index in [4.69, 9.17) is 4.74 Å². The van der Waals surface area contributed by atoms with Crippen molar-refractivity contribution >= 4 is 11.9 Å². The lowest BCUT2D eigenvalue weighted by molar-refractivity contribution is 0.0523. The lowest BCUT2D eigenvalue weighted by atomic mass is 9.98. The number of aliphatic hydroxyl groups is 1. The highest BCUT2D eigenvalue weighted by atomic mass is 16.6. The van der Waals surface area contributed by atoms with Gasteiger partial charge in [0.15, 0.2) is 0 Å². The number of carbonyl (C=O) groups excluding carboxylic acids is 1. The quantitative estimate of drug-likeness (QED) is 0.890. The van der Waals surface area contributed by atoms with E-state index in [1.807, 2.05) is 32.9 Å². The fraction of sp³-hybridized carbons (Fsp3) is 0.647. The van der Waals surface area contributed by atoms with Crippen molar-refractivity contribution in [2.45, 2.75) is 45.8 Å². The second-order valence-electron chi connectivity index (χ2n) is 6.99. The molecule has 1 fully saturated rings. The average Bonchev–Trinajstić information content (AvgIpc) is 2.52. The molecule has 6 heteroatoms. The number of alkyl carbamates (subject to hydrolysis) is 1. The van der Waals surface area contributed by atoms with Gasteiger partial charge in [-0.3, -0.25) is 0 Å². The lowest BCUT2D eigenvalue weighted by Crippen LogP contribution is -2.35.